The van der Waals surface area contributed by atoms with Crippen LogP contribution in [0.4, 0.5) is 0 Å². The third-order valence-corrected chi connectivity index (χ3v) is 4.80. The maximum absolute atomic E-state index is 3.48. The van der Waals surface area contributed by atoms with E-state index >= 15 is 0 Å². The highest BCUT2D eigenvalue weighted by Gasteiger charge is 2.25. The molecule has 1 atom stereocenters. The van der Waals surface area contributed by atoms with Gasteiger partial charge in [-0.2, -0.15) is 0 Å². The SMILES string of the molecule is Cc1cc(C)cc(C(c2ccc(C)cc2C)N2CCNCC2)c1. The van der Waals surface area contributed by atoms with Gasteiger partial charge in [0.2, 0.25) is 0 Å². The monoisotopic (exact) mass is 308 g/mol. The topological polar surface area (TPSA) is 15.3 Å². The molecule has 1 aliphatic rings. The molecule has 0 aromatic heterocycles. The highest BCUT2D eigenvalue weighted by Crippen LogP contribution is 2.32. The lowest BCUT2D eigenvalue weighted by Crippen LogP contribution is -2.45. The van der Waals surface area contributed by atoms with E-state index in [1.807, 2.05) is 0 Å². The van der Waals surface area contributed by atoms with E-state index in [1.165, 1.54) is 33.4 Å². The van der Waals surface area contributed by atoms with Crippen molar-refractivity contribution in [3.05, 3.63) is 69.8 Å². The lowest BCUT2D eigenvalue weighted by atomic mass is 9.90. The van der Waals surface area contributed by atoms with Gasteiger partial charge in [-0.05, 0) is 44.4 Å². The summed E-state index contributed by atoms with van der Waals surface area (Å²) >= 11 is 0. The third-order valence-electron chi connectivity index (χ3n) is 4.80. The molecule has 0 bridgehead atoms. The second kappa shape index (κ2) is 6.86. The average Bonchev–Trinajstić information content (AvgIpc) is 2.50. The molecular weight excluding hydrogens is 280 g/mol. The number of hydrogen-bond acceptors (Lipinski definition) is 2. The van der Waals surface area contributed by atoms with Crippen molar-refractivity contribution in [2.45, 2.75) is 33.7 Å². The van der Waals surface area contributed by atoms with Crippen LogP contribution in [0.2, 0.25) is 0 Å². The molecule has 1 unspecified atom stereocenters. The highest BCUT2D eigenvalue weighted by molar-refractivity contribution is 5.41. The lowest BCUT2D eigenvalue weighted by Gasteiger charge is -2.36. The van der Waals surface area contributed by atoms with E-state index in [0.29, 0.717) is 6.04 Å². The minimum absolute atomic E-state index is 0.358. The zero-order chi connectivity index (χ0) is 16.4. The molecule has 1 N–H and O–H groups in total. The lowest BCUT2D eigenvalue weighted by molar-refractivity contribution is 0.198. The van der Waals surface area contributed by atoms with Gasteiger partial charge >= 0.3 is 0 Å². The number of hydrogen-bond donors (Lipinski definition) is 1. The van der Waals surface area contributed by atoms with Crippen molar-refractivity contribution in [1.82, 2.24) is 10.2 Å². The molecule has 0 amide bonds. The fraction of sp³-hybridized carbons (Fsp3) is 0.429. The first-order valence-electron chi connectivity index (χ1n) is 8.65. The second-order valence-corrected chi connectivity index (χ2v) is 6.97. The zero-order valence-electron chi connectivity index (χ0n) is 14.8. The summed E-state index contributed by atoms with van der Waals surface area (Å²) in [5, 5.41) is 3.48. The van der Waals surface area contributed by atoms with Gasteiger partial charge in [-0.15, -0.1) is 0 Å². The summed E-state index contributed by atoms with van der Waals surface area (Å²) in [6.07, 6.45) is 0. The first kappa shape index (κ1) is 16.2. The van der Waals surface area contributed by atoms with Crippen LogP contribution in [0.5, 0.6) is 0 Å². The van der Waals surface area contributed by atoms with Crippen LogP contribution in [0, 0.1) is 27.7 Å². The number of piperazine rings is 1. The van der Waals surface area contributed by atoms with Crippen LogP contribution in [-0.4, -0.2) is 31.1 Å². The molecule has 2 heteroatoms. The summed E-state index contributed by atoms with van der Waals surface area (Å²) in [6.45, 7) is 13.2. The van der Waals surface area contributed by atoms with Crippen LogP contribution in [-0.2, 0) is 0 Å². The molecular formula is C21H28N2. The van der Waals surface area contributed by atoms with Gasteiger partial charge in [-0.1, -0.05) is 53.1 Å². The number of benzene rings is 2. The predicted octanol–water partition coefficient (Wildman–Crippen LogP) is 3.91. The van der Waals surface area contributed by atoms with E-state index in [9.17, 15) is 0 Å². The van der Waals surface area contributed by atoms with E-state index in [0.717, 1.165) is 26.2 Å². The molecule has 23 heavy (non-hydrogen) atoms. The summed E-state index contributed by atoms with van der Waals surface area (Å²) in [4.78, 5) is 2.63. The Morgan fingerprint density at radius 1 is 0.826 bits per heavy atom. The Labute approximate surface area is 140 Å². The van der Waals surface area contributed by atoms with E-state index < -0.39 is 0 Å². The Kier molecular flexibility index (Phi) is 4.84. The van der Waals surface area contributed by atoms with Gasteiger partial charge in [0.1, 0.15) is 0 Å². The second-order valence-electron chi connectivity index (χ2n) is 6.97. The normalized spacial score (nSPS) is 17.2. The number of nitrogens with zero attached hydrogens (tertiary/aromatic N) is 1. The molecule has 0 aliphatic carbocycles. The summed E-state index contributed by atoms with van der Waals surface area (Å²) in [5.74, 6) is 0. The first-order chi connectivity index (χ1) is 11.0. The molecule has 0 radical (unpaired) electrons. The van der Waals surface area contributed by atoms with Gasteiger partial charge in [0, 0.05) is 26.2 Å². The molecule has 2 nitrogen and oxygen atoms in total. The van der Waals surface area contributed by atoms with E-state index in [-0.39, 0.29) is 0 Å². The fourth-order valence-electron chi connectivity index (χ4n) is 3.83. The smallest absolute Gasteiger partial charge is 0.0605 e. The molecule has 2 aromatic rings. The van der Waals surface area contributed by atoms with Crippen LogP contribution in [0.1, 0.15) is 39.4 Å². The Balaban J connectivity index is 2.09. The minimum Gasteiger partial charge on any atom is -0.314 e. The van der Waals surface area contributed by atoms with Crippen LogP contribution in [0.3, 0.4) is 0 Å². The highest BCUT2D eigenvalue weighted by atomic mass is 15.2. The van der Waals surface area contributed by atoms with Gasteiger partial charge in [0.05, 0.1) is 6.04 Å². The van der Waals surface area contributed by atoms with E-state index in [4.69, 9.17) is 0 Å². The quantitative estimate of drug-likeness (QED) is 0.924. The zero-order valence-corrected chi connectivity index (χ0v) is 14.8. The fourth-order valence-corrected chi connectivity index (χ4v) is 3.83. The third kappa shape index (κ3) is 3.65. The average molecular weight is 308 g/mol. The Hall–Kier alpha value is -1.64. The molecule has 0 saturated carbocycles. The van der Waals surface area contributed by atoms with Crippen LogP contribution < -0.4 is 5.32 Å². The van der Waals surface area contributed by atoms with Crippen molar-refractivity contribution >= 4 is 0 Å². The Morgan fingerprint density at radius 2 is 1.48 bits per heavy atom. The van der Waals surface area contributed by atoms with Crippen LogP contribution >= 0.6 is 0 Å². The summed E-state index contributed by atoms with van der Waals surface area (Å²) < 4.78 is 0. The van der Waals surface area contributed by atoms with E-state index in [2.05, 4.69) is 74.3 Å². The Morgan fingerprint density at radius 3 is 2.09 bits per heavy atom. The maximum Gasteiger partial charge on any atom is 0.0605 e. The standard InChI is InChI=1S/C21H28N2/c1-15-5-6-20(18(4)12-15)21(23-9-7-22-8-10-23)19-13-16(2)11-17(3)14-19/h5-6,11-14,21-22H,7-10H2,1-4H3. The van der Waals surface area contributed by atoms with Crippen molar-refractivity contribution in [3.63, 3.8) is 0 Å². The van der Waals surface area contributed by atoms with Crippen molar-refractivity contribution < 1.29 is 0 Å². The van der Waals surface area contributed by atoms with Crippen molar-refractivity contribution in [3.8, 4) is 0 Å². The largest absolute Gasteiger partial charge is 0.314 e. The minimum atomic E-state index is 0.358. The van der Waals surface area contributed by atoms with Crippen LogP contribution in [0.15, 0.2) is 36.4 Å². The van der Waals surface area contributed by atoms with Gasteiger partial charge in [0.25, 0.3) is 0 Å². The van der Waals surface area contributed by atoms with Crippen molar-refractivity contribution in [2.75, 3.05) is 26.2 Å². The van der Waals surface area contributed by atoms with E-state index in [1.54, 1.807) is 0 Å². The van der Waals surface area contributed by atoms with Crippen molar-refractivity contribution in [1.29, 1.82) is 0 Å². The number of aryl methyl sites for hydroxylation is 4. The first-order valence-corrected chi connectivity index (χ1v) is 8.65. The molecule has 1 heterocycles. The molecule has 2 aromatic carbocycles. The molecule has 1 fully saturated rings. The maximum atomic E-state index is 3.48. The van der Waals surface area contributed by atoms with Gasteiger partial charge in [-0.3, -0.25) is 4.90 Å². The van der Waals surface area contributed by atoms with Crippen LogP contribution in [0.25, 0.3) is 0 Å². The Bertz CT molecular complexity index is 664. The molecule has 1 saturated heterocycles. The summed E-state index contributed by atoms with van der Waals surface area (Å²) in [5.41, 5.74) is 8.31. The molecule has 3 rings (SSSR count). The van der Waals surface area contributed by atoms with Gasteiger partial charge < -0.3 is 5.32 Å². The summed E-state index contributed by atoms with van der Waals surface area (Å²) in [7, 11) is 0. The number of rotatable bonds is 3. The van der Waals surface area contributed by atoms with Gasteiger partial charge in [-0.25, -0.2) is 0 Å². The molecule has 1 aliphatic heterocycles. The van der Waals surface area contributed by atoms with Crippen molar-refractivity contribution in [2.24, 2.45) is 0 Å². The summed E-state index contributed by atoms with van der Waals surface area (Å²) in [6, 6.07) is 14.2. The molecule has 122 valence electrons. The number of nitrogens with one attached hydrogen (secondary N) is 1. The molecule has 0 spiro atoms. The van der Waals surface area contributed by atoms with Gasteiger partial charge in [0.15, 0.2) is 0 Å². The predicted molar refractivity (Wildman–Crippen MR) is 98.1 cm³/mol.